The molecule has 0 aliphatic carbocycles. The van der Waals surface area contributed by atoms with Crippen molar-refractivity contribution in [2.45, 2.75) is 25.9 Å². The molecule has 104 valence electrons. The number of halogens is 6. The zero-order chi connectivity index (χ0) is 14.6. The van der Waals surface area contributed by atoms with Gasteiger partial charge >= 0.3 is 12.1 Å². The van der Waals surface area contributed by atoms with Crippen LogP contribution >= 0.6 is 11.6 Å². The first-order valence-corrected chi connectivity index (χ1v) is 5.28. The van der Waals surface area contributed by atoms with Gasteiger partial charge in [-0.2, -0.15) is 22.0 Å². The highest BCUT2D eigenvalue weighted by Crippen LogP contribution is 2.43. The number of nitrogens with zero attached hydrogens (tertiary/aromatic N) is 4. The minimum absolute atomic E-state index is 0.0586. The Hall–Kier alpha value is -1.51. The Balaban J connectivity index is 2.84. The Morgan fingerprint density at radius 3 is 2.16 bits per heavy atom. The summed E-state index contributed by atoms with van der Waals surface area (Å²) in [7, 11) is 0. The summed E-state index contributed by atoms with van der Waals surface area (Å²) in [5.41, 5.74) is -0.0801. The molecule has 0 unspecified atom stereocenters. The van der Waals surface area contributed by atoms with Crippen molar-refractivity contribution in [3.63, 3.8) is 0 Å². The second-order valence-electron chi connectivity index (χ2n) is 3.83. The highest BCUT2D eigenvalue weighted by molar-refractivity contribution is 6.32. The van der Waals surface area contributed by atoms with Crippen molar-refractivity contribution >= 4 is 17.2 Å². The SMILES string of the molecule is Cc1nc(Cl)c2nnc(C(F)(F)C(F)(F)F)n2c1C. The summed E-state index contributed by atoms with van der Waals surface area (Å²) in [4.78, 5) is 3.77. The van der Waals surface area contributed by atoms with Gasteiger partial charge < -0.3 is 0 Å². The van der Waals surface area contributed by atoms with E-state index in [1.807, 2.05) is 0 Å². The Bertz CT molecular complexity index is 648. The number of aryl methyl sites for hydroxylation is 2. The molecule has 0 atom stereocenters. The van der Waals surface area contributed by atoms with Crippen LogP contribution in [0.25, 0.3) is 5.65 Å². The molecular weight excluding hydrogens is 295 g/mol. The number of aromatic nitrogens is 4. The minimum Gasteiger partial charge on any atom is -0.274 e. The predicted molar refractivity (Wildman–Crippen MR) is 55.2 cm³/mol. The maximum atomic E-state index is 13.4. The quantitative estimate of drug-likeness (QED) is 0.760. The molecule has 0 aromatic carbocycles. The maximum Gasteiger partial charge on any atom is 0.461 e. The van der Waals surface area contributed by atoms with E-state index in [0.717, 1.165) is 0 Å². The maximum absolute atomic E-state index is 13.4. The highest BCUT2D eigenvalue weighted by atomic mass is 35.5. The van der Waals surface area contributed by atoms with Crippen LogP contribution in [0.4, 0.5) is 22.0 Å². The van der Waals surface area contributed by atoms with Gasteiger partial charge in [-0.1, -0.05) is 11.6 Å². The second-order valence-corrected chi connectivity index (χ2v) is 4.19. The topological polar surface area (TPSA) is 43.1 Å². The van der Waals surface area contributed by atoms with Crippen molar-refractivity contribution in [3.05, 3.63) is 22.4 Å². The van der Waals surface area contributed by atoms with Gasteiger partial charge in [-0.25, -0.2) is 4.98 Å². The van der Waals surface area contributed by atoms with Gasteiger partial charge in [-0.3, -0.25) is 4.40 Å². The lowest BCUT2D eigenvalue weighted by atomic mass is 10.3. The van der Waals surface area contributed by atoms with E-state index in [-0.39, 0.29) is 22.2 Å². The average Bonchev–Trinajstić information content (AvgIpc) is 2.69. The van der Waals surface area contributed by atoms with Crippen LogP contribution in [0, 0.1) is 13.8 Å². The number of hydrogen-bond acceptors (Lipinski definition) is 3. The van der Waals surface area contributed by atoms with Gasteiger partial charge in [0.05, 0.1) is 5.69 Å². The zero-order valence-electron chi connectivity index (χ0n) is 9.56. The number of hydrogen-bond donors (Lipinski definition) is 0. The fourth-order valence-corrected chi connectivity index (χ4v) is 1.75. The summed E-state index contributed by atoms with van der Waals surface area (Å²) < 4.78 is 64.4. The Kier molecular flexibility index (Phi) is 2.92. The molecule has 2 rings (SSSR count). The summed E-state index contributed by atoms with van der Waals surface area (Å²) >= 11 is 5.65. The number of fused-ring (bicyclic) bond motifs is 1. The second kappa shape index (κ2) is 3.99. The summed E-state index contributed by atoms with van der Waals surface area (Å²) in [5.74, 6) is -6.66. The summed E-state index contributed by atoms with van der Waals surface area (Å²) in [5, 5.41) is 5.86. The highest BCUT2D eigenvalue weighted by Gasteiger charge is 2.62. The van der Waals surface area contributed by atoms with E-state index in [1.165, 1.54) is 13.8 Å². The van der Waals surface area contributed by atoms with E-state index in [2.05, 4.69) is 15.2 Å². The first-order valence-electron chi connectivity index (χ1n) is 4.90. The lowest BCUT2D eigenvalue weighted by Crippen LogP contribution is -2.36. The fourth-order valence-electron chi connectivity index (χ4n) is 1.51. The third-order valence-electron chi connectivity index (χ3n) is 2.61. The van der Waals surface area contributed by atoms with Crippen molar-refractivity contribution in [2.24, 2.45) is 0 Å². The molecule has 4 nitrogen and oxygen atoms in total. The molecule has 19 heavy (non-hydrogen) atoms. The van der Waals surface area contributed by atoms with Gasteiger partial charge in [-0.05, 0) is 13.8 Å². The zero-order valence-corrected chi connectivity index (χ0v) is 10.3. The van der Waals surface area contributed by atoms with Crippen molar-refractivity contribution in [3.8, 4) is 0 Å². The van der Waals surface area contributed by atoms with E-state index in [4.69, 9.17) is 11.6 Å². The lowest BCUT2D eigenvalue weighted by Gasteiger charge is -2.18. The number of rotatable bonds is 1. The lowest BCUT2D eigenvalue weighted by molar-refractivity contribution is -0.292. The van der Waals surface area contributed by atoms with Crippen molar-refractivity contribution in [1.82, 2.24) is 19.6 Å². The Morgan fingerprint density at radius 1 is 1.05 bits per heavy atom. The molecule has 0 saturated carbocycles. The molecule has 0 fully saturated rings. The molecule has 2 aromatic heterocycles. The van der Waals surface area contributed by atoms with Crippen LogP contribution in [-0.2, 0) is 5.92 Å². The molecular formula is C9H6ClF5N4. The van der Waals surface area contributed by atoms with E-state index in [1.54, 1.807) is 0 Å². The van der Waals surface area contributed by atoms with Gasteiger partial charge in [0.2, 0.25) is 5.82 Å². The van der Waals surface area contributed by atoms with Crippen LogP contribution in [0.15, 0.2) is 0 Å². The monoisotopic (exact) mass is 300 g/mol. The van der Waals surface area contributed by atoms with Crippen molar-refractivity contribution < 1.29 is 22.0 Å². The standard InChI is InChI=1S/C9H6ClF5N4/c1-3-4(2)19-6(5(10)16-3)17-18-7(19)8(11,12)9(13,14)15/h1-2H3. The molecule has 0 spiro atoms. The Labute approximate surface area is 108 Å². The van der Waals surface area contributed by atoms with E-state index < -0.39 is 17.9 Å². The molecule has 2 aromatic rings. The van der Waals surface area contributed by atoms with Gasteiger partial charge in [-0.15, -0.1) is 10.2 Å². The molecule has 0 N–H and O–H groups in total. The minimum atomic E-state index is -5.77. The van der Waals surface area contributed by atoms with E-state index in [0.29, 0.717) is 4.40 Å². The molecule has 0 aliphatic heterocycles. The van der Waals surface area contributed by atoms with Gasteiger partial charge in [0.1, 0.15) is 0 Å². The average molecular weight is 301 g/mol. The molecule has 0 bridgehead atoms. The fraction of sp³-hybridized carbons (Fsp3) is 0.444. The third kappa shape index (κ3) is 1.92. The predicted octanol–water partition coefficient (Wildman–Crippen LogP) is 3.05. The van der Waals surface area contributed by atoms with E-state index in [9.17, 15) is 22.0 Å². The largest absolute Gasteiger partial charge is 0.461 e. The summed E-state index contributed by atoms with van der Waals surface area (Å²) in [6.07, 6.45) is -5.77. The normalized spacial score (nSPS) is 13.3. The third-order valence-corrected chi connectivity index (χ3v) is 2.86. The first-order chi connectivity index (χ1) is 8.57. The molecule has 0 aliphatic rings. The molecule has 0 radical (unpaired) electrons. The van der Waals surface area contributed by atoms with Gasteiger partial charge in [0.25, 0.3) is 0 Å². The van der Waals surface area contributed by atoms with E-state index >= 15 is 0 Å². The van der Waals surface area contributed by atoms with Crippen molar-refractivity contribution in [2.75, 3.05) is 0 Å². The van der Waals surface area contributed by atoms with Crippen LogP contribution in [0.3, 0.4) is 0 Å². The van der Waals surface area contributed by atoms with Crippen molar-refractivity contribution in [1.29, 1.82) is 0 Å². The molecule has 0 amide bonds. The smallest absolute Gasteiger partial charge is 0.274 e. The number of alkyl halides is 5. The first kappa shape index (κ1) is 13.9. The molecule has 10 heteroatoms. The molecule has 0 saturated heterocycles. The summed E-state index contributed by atoms with van der Waals surface area (Å²) in [6, 6.07) is 0. The summed E-state index contributed by atoms with van der Waals surface area (Å²) in [6.45, 7) is 2.75. The van der Waals surface area contributed by atoms with Gasteiger partial charge in [0, 0.05) is 5.69 Å². The Morgan fingerprint density at radius 2 is 1.63 bits per heavy atom. The van der Waals surface area contributed by atoms with Gasteiger partial charge in [0.15, 0.2) is 10.8 Å². The van der Waals surface area contributed by atoms with Crippen LogP contribution in [0.5, 0.6) is 0 Å². The van der Waals surface area contributed by atoms with Crippen LogP contribution in [0.1, 0.15) is 17.2 Å². The van der Waals surface area contributed by atoms with Crippen LogP contribution in [-0.4, -0.2) is 25.8 Å². The van der Waals surface area contributed by atoms with Crippen LogP contribution < -0.4 is 0 Å². The van der Waals surface area contributed by atoms with Crippen LogP contribution in [0.2, 0.25) is 5.15 Å². The molecule has 2 heterocycles.